The van der Waals surface area contributed by atoms with E-state index >= 15 is 0 Å². The molecule has 1 fully saturated rings. The van der Waals surface area contributed by atoms with E-state index in [2.05, 4.69) is 15.2 Å². The second kappa shape index (κ2) is 8.99. The summed E-state index contributed by atoms with van der Waals surface area (Å²) in [6.45, 7) is 1.30. The maximum absolute atomic E-state index is 10.4. The van der Waals surface area contributed by atoms with Crippen LogP contribution in [0.1, 0.15) is 28.7 Å². The zero-order valence-electron chi connectivity index (χ0n) is 16.6. The average molecular weight is 448 g/mol. The fourth-order valence-corrected chi connectivity index (χ4v) is 3.71. The third kappa shape index (κ3) is 4.47. The van der Waals surface area contributed by atoms with Crippen molar-refractivity contribution in [2.75, 3.05) is 6.61 Å². The standard InChI is InChI=1S/C21H22ClN3O6/c1-10-8-23-21(30-10)15-5-3-13(24-25-15)7-12-6-11(2-4-14(12)22)20-19(29)18(28)17(27)16(9-26)31-20/h2-6,8,16-20,26-29H,7,9H2,1H3. The van der Waals surface area contributed by atoms with Gasteiger partial charge >= 0.3 is 0 Å². The molecule has 0 saturated carbocycles. The van der Waals surface area contributed by atoms with Crippen LogP contribution < -0.4 is 0 Å². The smallest absolute Gasteiger partial charge is 0.247 e. The highest BCUT2D eigenvalue weighted by Gasteiger charge is 2.44. The van der Waals surface area contributed by atoms with Crippen molar-refractivity contribution in [1.29, 1.82) is 0 Å². The summed E-state index contributed by atoms with van der Waals surface area (Å²) >= 11 is 6.35. The summed E-state index contributed by atoms with van der Waals surface area (Å²) in [5.41, 5.74) is 2.43. The van der Waals surface area contributed by atoms with E-state index in [1.54, 1.807) is 43.5 Å². The molecular weight excluding hydrogens is 426 g/mol. The second-order valence-electron chi connectivity index (χ2n) is 7.46. The Hall–Kier alpha value is -2.40. The number of nitrogens with zero attached hydrogens (tertiary/aromatic N) is 3. The van der Waals surface area contributed by atoms with Crippen LogP contribution >= 0.6 is 11.6 Å². The van der Waals surface area contributed by atoms with E-state index in [4.69, 9.17) is 20.8 Å². The van der Waals surface area contributed by atoms with Gasteiger partial charge in [-0.1, -0.05) is 23.7 Å². The third-order valence-corrected chi connectivity index (χ3v) is 5.59. The van der Waals surface area contributed by atoms with Crippen molar-refractivity contribution < 1.29 is 29.6 Å². The van der Waals surface area contributed by atoms with E-state index in [0.29, 0.717) is 45.6 Å². The van der Waals surface area contributed by atoms with E-state index < -0.39 is 37.1 Å². The van der Waals surface area contributed by atoms with Crippen LogP contribution in [-0.4, -0.2) is 66.6 Å². The van der Waals surface area contributed by atoms with E-state index in [1.165, 1.54) is 0 Å². The molecule has 3 aromatic rings. The number of oxazole rings is 1. The molecule has 2 aromatic heterocycles. The Kier molecular flexibility index (Phi) is 6.33. The van der Waals surface area contributed by atoms with Crippen LogP contribution in [0, 0.1) is 6.92 Å². The molecule has 10 heteroatoms. The number of hydrogen-bond donors (Lipinski definition) is 4. The average Bonchev–Trinajstić information content (AvgIpc) is 3.21. The van der Waals surface area contributed by atoms with E-state index in [0.717, 1.165) is 0 Å². The maximum Gasteiger partial charge on any atom is 0.247 e. The Balaban J connectivity index is 1.55. The molecule has 1 saturated heterocycles. The zero-order valence-corrected chi connectivity index (χ0v) is 17.3. The number of aliphatic hydroxyl groups excluding tert-OH is 4. The lowest BCUT2D eigenvalue weighted by Crippen LogP contribution is -2.55. The highest BCUT2D eigenvalue weighted by Crippen LogP contribution is 2.34. The van der Waals surface area contributed by atoms with Gasteiger partial charge in [-0.15, -0.1) is 5.10 Å². The summed E-state index contributed by atoms with van der Waals surface area (Å²) in [5.74, 6) is 1.07. The van der Waals surface area contributed by atoms with Crippen molar-refractivity contribution in [3.63, 3.8) is 0 Å². The molecule has 9 nitrogen and oxygen atoms in total. The molecule has 1 aliphatic rings. The van der Waals surface area contributed by atoms with Crippen LogP contribution in [0.4, 0.5) is 0 Å². The van der Waals surface area contributed by atoms with Crippen molar-refractivity contribution in [2.24, 2.45) is 0 Å². The molecule has 3 heterocycles. The van der Waals surface area contributed by atoms with Gasteiger partial charge in [0.1, 0.15) is 42.0 Å². The van der Waals surface area contributed by atoms with Crippen LogP contribution in [0.25, 0.3) is 11.6 Å². The molecule has 4 N–H and O–H groups in total. The molecule has 0 radical (unpaired) electrons. The predicted octanol–water partition coefficient (Wildman–Crippen LogP) is 1.20. The van der Waals surface area contributed by atoms with Crippen molar-refractivity contribution in [3.8, 4) is 11.6 Å². The first kappa shape index (κ1) is 21.8. The van der Waals surface area contributed by atoms with Gasteiger partial charge in [-0.2, -0.15) is 5.10 Å². The van der Waals surface area contributed by atoms with Crippen molar-refractivity contribution in [2.45, 2.75) is 43.9 Å². The zero-order chi connectivity index (χ0) is 22.1. The number of aryl methyl sites for hydroxylation is 1. The molecule has 0 aliphatic carbocycles. The number of aromatic nitrogens is 3. The minimum absolute atomic E-state index is 0.363. The molecule has 1 aliphatic heterocycles. The van der Waals surface area contributed by atoms with Crippen LogP contribution in [-0.2, 0) is 11.2 Å². The third-order valence-electron chi connectivity index (χ3n) is 5.22. The molecule has 5 unspecified atom stereocenters. The maximum atomic E-state index is 10.4. The number of benzene rings is 1. The number of halogens is 1. The molecule has 0 amide bonds. The monoisotopic (exact) mass is 447 g/mol. The summed E-state index contributed by atoms with van der Waals surface area (Å²) in [7, 11) is 0. The van der Waals surface area contributed by atoms with Crippen molar-refractivity contribution in [1.82, 2.24) is 15.2 Å². The molecular formula is C21H22ClN3O6. The van der Waals surface area contributed by atoms with Crippen LogP contribution in [0.15, 0.2) is 40.9 Å². The Labute approximate surface area is 182 Å². The number of rotatable bonds is 5. The van der Waals surface area contributed by atoms with Gasteiger partial charge < -0.3 is 29.6 Å². The second-order valence-corrected chi connectivity index (χ2v) is 7.87. The summed E-state index contributed by atoms with van der Waals surface area (Å²) < 4.78 is 11.1. The van der Waals surface area contributed by atoms with E-state index in [1.807, 2.05) is 0 Å². The molecule has 164 valence electrons. The summed E-state index contributed by atoms with van der Waals surface area (Å²) in [5, 5.41) is 48.7. The summed E-state index contributed by atoms with van der Waals surface area (Å²) in [6, 6.07) is 8.60. The first-order valence-electron chi connectivity index (χ1n) is 9.71. The SMILES string of the molecule is Cc1cnc(-c2ccc(Cc3cc(C4OC(CO)C(O)C(O)C4O)ccc3Cl)nn2)o1. The molecule has 31 heavy (non-hydrogen) atoms. The summed E-state index contributed by atoms with van der Waals surface area (Å²) in [6.07, 6.45) is -4.18. The Bertz CT molecular complexity index is 1040. The quantitative estimate of drug-likeness (QED) is 0.453. The minimum Gasteiger partial charge on any atom is -0.440 e. The van der Waals surface area contributed by atoms with Crippen molar-refractivity contribution >= 4 is 11.6 Å². The number of ether oxygens (including phenoxy) is 1. The molecule has 4 rings (SSSR count). The van der Waals surface area contributed by atoms with Gasteiger partial charge in [-0.25, -0.2) is 4.98 Å². The van der Waals surface area contributed by atoms with E-state index in [-0.39, 0.29) is 0 Å². The van der Waals surface area contributed by atoms with Gasteiger partial charge in [0.2, 0.25) is 5.89 Å². The Morgan fingerprint density at radius 1 is 1.03 bits per heavy atom. The first-order chi connectivity index (χ1) is 14.9. The molecule has 5 atom stereocenters. The molecule has 0 spiro atoms. The lowest BCUT2D eigenvalue weighted by atomic mass is 9.90. The van der Waals surface area contributed by atoms with Crippen molar-refractivity contribution in [3.05, 3.63) is 64.1 Å². The highest BCUT2D eigenvalue weighted by molar-refractivity contribution is 6.31. The van der Waals surface area contributed by atoms with Gasteiger partial charge in [0.25, 0.3) is 0 Å². The lowest BCUT2D eigenvalue weighted by Gasteiger charge is -2.40. The normalized spacial score (nSPS) is 26.2. The van der Waals surface area contributed by atoms with Gasteiger partial charge in [-0.3, -0.25) is 0 Å². The Morgan fingerprint density at radius 3 is 2.48 bits per heavy atom. The van der Waals surface area contributed by atoms with Crippen LogP contribution in [0.3, 0.4) is 0 Å². The van der Waals surface area contributed by atoms with E-state index in [9.17, 15) is 20.4 Å². The number of hydrogen-bond acceptors (Lipinski definition) is 9. The van der Waals surface area contributed by atoms with Gasteiger partial charge in [0.05, 0.1) is 18.5 Å². The predicted molar refractivity (Wildman–Crippen MR) is 109 cm³/mol. The van der Waals surface area contributed by atoms with Crippen LogP contribution in [0.5, 0.6) is 0 Å². The fraction of sp³-hybridized carbons (Fsp3) is 0.381. The lowest BCUT2D eigenvalue weighted by molar-refractivity contribution is -0.231. The highest BCUT2D eigenvalue weighted by atomic mass is 35.5. The van der Waals surface area contributed by atoms with Gasteiger partial charge in [0, 0.05) is 11.4 Å². The Morgan fingerprint density at radius 2 is 1.84 bits per heavy atom. The first-order valence-corrected chi connectivity index (χ1v) is 10.1. The van der Waals surface area contributed by atoms with Gasteiger partial charge in [0.15, 0.2) is 0 Å². The van der Waals surface area contributed by atoms with Crippen LogP contribution in [0.2, 0.25) is 5.02 Å². The number of aliphatic hydroxyl groups is 4. The topological polar surface area (TPSA) is 142 Å². The summed E-state index contributed by atoms with van der Waals surface area (Å²) in [4.78, 5) is 4.12. The molecule has 0 bridgehead atoms. The molecule has 1 aromatic carbocycles. The minimum atomic E-state index is -1.45. The largest absolute Gasteiger partial charge is 0.440 e. The fourth-order valence-electron chi connectivity index (χ4n) is 3.52. The van der Waals surface area contributed by atoms with Gasteiger partial charge in [-0.05, 0) is 36.2 Å².